The number of ether oxygens (including phenoxy) is 1. The number of aromatic nitrogens is 1. The third kappa shape index (κ3) is 5.93. The van der Waals surface area contributed by atoms with Gasteiger partial charge in [0.15, 0.2) is 0 Å². The zero-order valence-electron chi connectivity index (χ0n) is 19.5. The van der Waals surface area contributed by atoms with E-state index in [9.17, 15) is 14.0 Å². The number of nitrogens with one attached hydrogen (secondary N) is 2. The lowest BCUT2D eigenvalue weighted by Gasteiger charge is -2.40. The number of pyridine rings is 1. The molecule has 1 saturated heterocycles. The molecule has 1 aliphatic heterocycles. The average molecular weight is 478 g/mol. The third-order valence-electron chi connectivity index (χ3n) is 6.03. The summed E-state index contributed by atoms with van der Waals surface area (Å²) < 4.78 is 19.4. The summed E-state index contributed by atoms with van der Waals surface area (Å²) in [5.41, 5.74) is 1.94. The summed E-state index contributed by atoms with van der Waals surface area (Å²) in [5, 5.41) is 5.34. The van der Waals surface area contributed by atoms with E-state index in [0.717, 1.165) is 5.56 Å². The number of nitrogens with zero attached hydrogens (tertiary/aromatic N) is 3. The number of halogens is 1. The van der Waals surface area contributed by atoms with Crippen molar-refractivity contribution < 1.29 is 18.7 Å². The van der Waals surface area contributed by atoms with Crippen LogP contribution in [0.15, 0.2) is 73.1 Å². The van der Waals surface area contributed by atoms with E-state index in [1.807, 2.05) is 23.1 Å². The number of methoxy groups -OCH3 is 1. The third-order valence-corrected chi connectivity index (χ3v) is 6.03. The van der Waals surface area contributed by atoms with Crippen LogP contribution in [-0.4, -0.2) is 61.5 Å². The van der Waals surface area contributed by atoms with Gasteiger partial charge in [0, 0.05) is 45.1 Å². The van der Waals surface area contributed by atoms with Crippen molar-refractivity contribution in [1.29, 1.82) is 0 Å². The van der Waals surface area contributed by atoms with E-state index in [0.29, 0.717) is 43.3 Å². The van der Waals surface area contributed by atoms with Crippen LogP contribution in [0, 0.1) is 5.82 Å². The maximum Gasteiger partial charge on any atom is 0.313 e. The predicted octanol–water partition coefficient (Wildman–Crippen LogP) is 2.85. The average Bonchev–Trinajstić information content (AvgIpc) is 2.90. The molecule has 0 aliphatic carbocycles. The lowest BCUT2D eigenvalue weighted by Crippen LogP contribution is -2.50. The Kier molecular flexibility index (Phi) is 7.89. The second-order valence-electron chi connectivity index (χ2n) is 8.14. The molecule has 3 aromatic rings. The Bertz CT molecular complexity index is 1150. The maximum absolute atomic E-state index is 14.2. The number of hydrogen-bond acceptors (Lipinski definition) is 6. The Labute approximate surface area is 203 Å². The number of amides is 2. The highest BCUT2D eigenvalue weighted by molar-refractivity contribution is 6.39. The van der Waals surface area contributed by atoms with Crippen molar-refractivity contribution in [3.8, 4) is 5.75 Å². The van der Waals surface area contributed by atoms with Gasteiger partial charge in [0.05, 0.1) is 24.5 Å². The van der Waals surface area contributed by atoms with E-state index in [2.05, 4.69) is 20.5 Å². The van der Waals surface area contributed by atoms with Crippen LogP contribution >= 0.6 is 0 Å². The van der Waals surface area contributed by atoms with Crippen LogP contribution in [0.25, 0.3) is 0 Å². The number of benzene rings is 2. The second-order valence-corrected chi connectivity index (χ2v) is 8.14. The summed E-state index contributed by atoms with van der Waals surface area (Å²) >= 11 is 0. The molecule has 1 aromatic heterocycles. The van der Waals surface area contributed by atoms with Crippen molar-refractivity contribution >= 4 is 23.2 Å². The minimum Gasteiger partial charge on any atom is -0.495 e. The molecule has 2 amide bonds. The van der Waals surface area contributed by atoms with Gasteiger partial charge in [0.2, 0.25) is 0 Å². The van der Waals surface area contributed by atoms with Gasteiger partial charge in [-0.15, -0.1) is 0 Å². The van der Waals surface area contributed by atoms with Crippen molar-refractivity contribution in [3.05, 3.63) is 84.4 Å². The first kappa shape index (κ1) is 24.2. The number of anilines is 2. The molecule has 1 aliphatic rings. The van der Waals surface area contributed by atoms with Gasteiger partial charge in [-0.1, -0.05) is 30.3 Å². The van der Waals surface area contributed by atoms with Crippen LogP contribution in [0.5, 0.6) is 5.75 Å². The van der Waals surface area contributed by atoms with E-state index < -0.39 is 11.8 Å². The molecular formula is C26H28FN5O3. The van der Waals surface area contributed by atoms with Crippen LogP contribution in [0.3, 0.4) is 0 Å². The molecule has 35 heavy (non-hydrogen) atoms. The minimum absolute atomic E-state index is 0.186. The Hall–Kier alpha value is -3.98. The second kappa shape index (κ2) is 11.4. The van der Waals surface area contributed by atoms with Crippen molar-refractivity contribution in [1.82, 2.24) is 15.2 Å². The normalized spacial score (nSPS) is 14.7. The van der Waals surface area contributed by atoms with Crippen LogP contribution in [0.1, 0.15) is 11.6 Å². The summed E-state index contributed by atoms with van der Waals surface area (Å²) in [6, 6.07) is 17.2. The molecule has 0 radical (unpaired) electrons. The molecule has 0 bridgehead atoms. The lowest BCUT2D eigenvalue weighted by molar-refractivity contribution is -0.136. The van der Waals surface area contributed by atoms with Gasteiger partial charge in [0.25, 0.3) is 0 Å². The summed E-state index contributed by atoms with van der Waals surface area (Å²) in [4.78, 5) is 33.5. The molecule has 0 spiro atoms. The van der Waals surface area contributed by atoms with Crippen molar-refractivity contribution in [3.63, 3.8) is 0 Å². The van der Waals surface area contributed by atoms with Gasteiger partial charge in [-0.2, -0.15) is 0 Å². The lowest BCUT2D eigenvalue weighted by atomic mass is 10.1. The fourth-order valence-electron chi connectivity index (χ4n) is 4.21. The maximum atomic E-state index is 14.2. The van der Waals surface area contributed by atoms with Crippen LogP contribution in [0.4, 0.5) is 15.8 Å². The number of hydrogen-bond donors (Lipinski definition) is 2. The number of para-hydroxylation sites is 3. The van der Waals surface area contributed by atoms with Crippen LogP contribution < -0.4 is 20.3 Å². The summed E-state index contributed by atoms with van der Waals surface area (Å²) in [6.07, 6.45) is 3.45. The first-order valence-electron chi connectivity index (χ1n) is 11.4. The monoisotopic (exact) mass is 477 g/mol. The van der Waals surface area contributed by atoms with Crippen molar-refractivity contribution in [2.45, 2.75) is 6.04 Å². The molecule has 4 rings (SSSR count). The minimum atomic E-state index is -0.774. The Morgan fingerprint density at radius 3 is 2.46 bits per heavy atom. The zero-order valence-corrected chi connectivity index (χ0v) is 19.5. The predicted molar refractivity (Wildman–Crippen MR) is 132 cm³/mol. The quantitative estimate of drug-likeness (QED) is 0.509. The van der Waals surface area contributed by atoms with E-state index >= 15 is 0 Å². The Morgan fingerprint density at radius 2 is 1.74 bits per heavy atom. The molecule has 0 saturated carbocycles. The van der Waals surface area contributed by atoms with E-state index in [4.69, 9.17) is 4.74 Å². The molecule has 9 heteroatoms. The number of rotatable bonds is 7. The fourth-order valence-corrected chi connectivity index (χ4v) is 4.21. The first-order valence-corrected chi connectivity index (χ1v) is 11.4. The first-order chi connectivity index (χ1) is 17.1. The van der Waals surface area contributed by atoms with Gasteiger partial charge >= 0.3 is 11.8 Å². The largest absolute Gasteiger partial charge is 0.495 e. The standard InChI is InChI=1S/C26H28FN5O3/c1-35-24-11-5-3-9-21(24)30-26(34)25(33)29-18-23(19-7-6-12-28-17-19)32-15-13-31(14-16-32)22-10-4-2-8-20(22)27/h2-12,17,23H,13-16,18H2,1H3,(H,29,33)(H,30,34). The molecule has 1 unspecified atom stereocenters. The molecule has 8 nitrogen and oxygen atoms in total. The van der Waals surface area contributed by atoms with E-state index in [1.165, 1.54) is 13.2 Å². The van der Waals surface area contributed by atoms with Gasteiger partial charge in [-0.05, 0) is 35.9 Å². The van der Waals surface area contributed by atoms with E-state index in [-0.39, 0.29) is 18.4 Å². The molecule has 182 valence electrons. The van der Waals surface area contributed by atoms with Gasteiger partial charge in [-0.25, -0.2) is 4.39 Å². The Morgan fingerprint density at radius 1 is 1.00 bits per heavy atom. The van der Waals surface area contributed by atoms with Crippen LogP contribution in [-0.2, 0) is 9.59 Å². The smallest absolute Gasteiger partial charge is 0.313 e. The van der Waals surface area contributed by atoms with Gasteiger partial charge in [0.1, 0.15) is 11.6 Å². The fraction of sp³-hybridized carbons (Fsp3) is 0.269. The molecule has 2 aromatic carbocycles. The van der Waals surface area contributed by atoms with E-state index in [1.54, 1.807) is 48.8 Å². The van der Waals surface area contributed by atoms with Crippen molar-refractivity contribution in [2.24, 2.45) is 0 Å². The number of carbonyl (C=O) groups is 2. The molecule has 1 fully saturated rings. The SMILES string of the molecule is COc1ccccc1NC(=O)C(=O)NCC(c1cccnc1)N1CCN(c2ccccc2F)CC1. The van der Waals surface area contributed by atoms with Crippen molar-refractivity contribution in [2.75, 3.05) is 50.1 Å². The molecular weight excluding hydrogens is 449 g/mol. The summed E-state index contributed by atoms with van der Waals surface area (Å²) in [5.74, 6) is -1.29. The molecule has 2 heterocycles. The zero-order chi connectivity index (χ0) is 24.6. The highest BCUT2D eigenvalue weighted by atomic mass is 19.1. The van der Waals surface area contributed by atoms with Gasteiger partial charge < -0.3 is 20.3 Å². The highest BCUT2D eigenvalue weighted by Crippen LogP contribution is 2.25. The Balaban J connectivity index is 1.40. The number of piperazine rings is 1. The molecule has 2 N–H and O–H groups in total. The van der Waals surface area contributed by atoms with Gasteiger partial charge in [-0.3, -0.25) is 19.5 Å². The van der Waals surface area contributed by atoms with Crippen LogP contribution in [0.2, 0.25) is 0 Å². The highest BCUT2D eigenvalue weighted by Gasteiger charge is 2.27. The summed E-state index contributed by atoms with van der Waals surface area (Å²) in [7, 11) is 1.50. The molecule has 1 atom stereocenters. The topological polar surface area (TPSA) is 86.8 Å². The summed E-state index contributed by atoms with van der Waals surface area (Å²) in [6.45, 7) is 2.83. The number of carbonyl (C=O) groups excluding carboxylic acids is 2.